The van der Waals surface area contributed by atoms with Crippen molar-refractivity contribution in [2.24, 2.45) is 0 Å². The summed E-state index contributed by atoms with van der Waals surface area (Å²) in [7, 11) is 0. The summed E-state index contributed by atoms with van der Waals surface area (Å²) in [6.07, 6.45) is 1.22. The van der Waals surface area contributed by atoms with Crippen molar-refractivity contribution in [3.05, 3.63) is 95.6 Å². The molecule has 1 aliphatic carbocycles. The lowest BCUT2D eigenvalue weighted by Crippen LogP contribution is -2.42. The second kappa shape index (κ2) is 7.94. The van der Waals surface area contributed by atoms with Crippen molar-refractivity contribution in [2.45, 2.75) is 31.8 Å². The van der Waals surface area contributed by atoms with Crippen molar-refractivity contribution in [3.63, 3.8) is 0 Å². The Morgan fingerprint density at radius 3 is 2.46 bits per heavy atom. The molecule has 2 aliphatic rings. The summed E-state index contributed by atoms with van der Waals surface area (Å²) in [6, 6.07) is 24.8. The van der Waals surface area contributed by atoms with Crippen molar-refractivity contribution in [2.75, 3.05) is 6.54 Å². The Morgan fingerprint density at radius 1 is 0.943 bits per heavy atom. The largest absolute Gasteiger partial charge is 0.340 e. The van der Waals surface area contributed by atoms with Crippen molar-refractivity contribution < 1.29 is 14.4 Å². The van der Waals surface area contributed by atoms with Crippen LogP contribution in [0.2, 0.25) is 0 Å². The topological polar surface area (TPSA) is 71.4 Å². The number of rotatable bonds is 5. The van der Waals surface area contributed by atoms with Crippen LogP contribution in [0.3, 0.4) is 0 Å². The van der Waals surface area contributed by atoms with Gasteiger partial charge in [-0.15, -0.1) is 0 Å². The number of amides is 3. The Balaban J connectivity index is 1.42. The van der Waals surface area contributed by atoms with Gasteiger partial charge in [0.25, 0.3) is 5.91 Å². The van der Waals surface area contributed by atoms with E-state index in [0.717, 1.165) is 38.2 Å². The maximum Gasteiger partial charge on any atom is 0.325 e. The molecular formula is C29H25N3O3. The number of imide groups is 1. The minimum atomic E-state index is -1.08. The van der Waals surface area contributed by atoms with Crippen LogP contribution in [-0.2, 0) is 23.3 Å². The quantitative estimate of drug-likeness (QED) is 0.338. The summed E-state index contributed by atoms with van der Waals surface area (Å²) >= 11 is 0. The number of ketones is 1. The molecule has 1 spiro atoms. The number of Topliss-reactive ketones (excluding diaryl/α,β-unsaturated/α-hetero) is 1. The number of hydrogen-bond donors (Lipinski definition) is 1. The molecule has 35 heavy (non-hydrogen) atoms. The second-order valence-corrected chi connectivity index (χ2v) is 9.16. The van der Waals surface area contributed by atoms with E-state index in [2.05, 4.69) is 9.88 Å². The second-order valence-electron chi connectivity index (χ2n) is 9.16. The number of benzene rings is 3. The Hall–Kier alpha value is -4.19. The van der Waals surface area contributed by atoms with Gasteiger partial charge >= 0.3 is 6.03 Å². The molecule has 0 bridgehead atoms. The van der Waals surface area contributed by atoms with Gasteiger partial charge in [-0.05, 0) is 42.5 Å². The molecule has 1 aromatic heterocycles. The Labute approximate surface area is 203 Å². The minimum Gasteiger partial charge on any atom is -0.340 e. The summed E-state index contributed by atoms with van der Waals surface area (Å²) in [5.41, 5.74) is 4.05. The number of carbonyl (C=O) groups excluding carboxylic acids is 3. The molecule has 1 atom stereocenters. The van der Waals surface area contributed by atoms with E-state index < -0.39 is 11.6 Å². The third-order valence-corrected chi connectivity index (χ3v) is 7.34. The highest BCUT2D eigenvalue weighted by Gasteiger charge is 2.55. The molecule has 2 heterocycles. The molecule has 0 radical (unpaired) electrons. The van der Waals surface area contributed by atoms with E-state index in [4.69, 9.17) is 0 Å². The zero-order chi connectivity index (χ0) is 24.2. The van der Waals surface area contributed by atoms with Crippen LogP contribution in [0.25, 0.3) is 22.2 Å². The minimum absolute atomic E-state index is 0.251. The number of urea groups is 1. The number of fused-ring (bicyclic) bond motifs is 3. The molecule has 6 rings (SSSR count). The molecule has 1 N–H and O–H groups in total. The van der Waals surface area contributed by atoms with Crippen LogP contribution in [0.15, 0.2) is 78.9 Å². The number of aryl methyl sites for hydroxylation is 2. The maximum absolute atomic E-state index is 13.9. The smallest absolute Gasteiger partial charge is 0.325 e. The Morgan fingerprint density at radius 2 is 1.66 bits per heavy atom. The summed E-state index contributed by atoms with van der Waals surface area (Å²) in [6.45, 7) is 2.43. The van der Waals surface area contributed by atoms with Crippen molar-refractivity contribution in [1.82, 2.24) is 14.8 Å². The first-order valence-corrected chi connectivity index (χ1v) is 12.0. The lowest BCUT2D eigenvalue weighted by molar-refractivity contribution is -0.131. The van der Waals surface area contributed by atoms with Gasteiger partial charge in [-0.25, -0.2) is 4.79 Å². The molecule has 3 amide bonds. The SMILES string of the molecule is CCn1c(-c2ccccc2)c(C(=O)CN2C(=O)N[C@@]3(CCc4ccccc43)C2=O)c2ccccc21. The zero-order valence-electron chi connectivity index (χ0n) is 19.5. The zero-order valence-corrected chi connectivity index (χ0v) is 19.5. The standard InChI is InChI=1S/C29H25N3O3/c1-2-31-23-15-9-7-13-21(23)25(26(31)20-11-4-3-5-12-20)24(33)18-32-27(34)29(30-28(32)35)17-16-19-10-6-8-14-22(19)29/h3-15H,2,16-18H2,1H3,(H,30,35)/t29-/m1/s1. The Kier molecular flexibility index (Phi) is 4.85. The Bertz CT molecular complexity index is 1500. The normalized spacial score (nSPS) is 18.9. The van der Waals surface area contributed by atoms with E-state index in [-0.39, 0.29) is 18.2 Å². The van der Waals surface area contributed by atoms with E-state index in [1.54, 1.807) is 0 Å². The first kappa shape index (κ1) is 21.4. The number of nitrogens with one attached hydrogen (secondary N) is 1. The van der Waals surface area contributed by atoms with Crippen LogP contribution in [0.5, 0.6) is 0 Å². The fourth-order valence-corrected chi connectivity index (χ4v) is 5.77. The van der Waals surface area contributed by atoms with E-state index in [1.807, 2.05) is 85.8 Å². The van der Waals surface area contributed by atoms with Gasteiger partial charge in [0.05, 0.1) is 17.8 Å². The molecule has 1 fully saturated rings. The lowest BCUT2D eigenvalue weighted by atomic mass is 9.91. The van der Waals surface area contributed by atoms with Crippen LogP contribution in [0, 0.1) is 0 Å². The van der Waals surface area contributed by atoms with Gasteiger partial charge in [-0.1, -0.05) is 72.8 Å². The average molecular weight is 464 g/mol. The fraction of sp³-hybridized carbons (Fsp3) is 0.207. The first-order chi connectivity index (χ1) is 17.0. The van der Waals surface area contributed by atoms with Gasteiger partial charge in [0.15, 0.2) is 5.78 Å². The van der Waals surface area contributed by atoms with Gasteiger partial charge in [0.1, 0.15) is 5.54 Å². The van der Waals surface area contributed by atoms with Gasteiger partial charge in [-0.3, -0.25) is 14.5 Å². The number of carbonyl (C=O) groups is 3. The number of hydrogen-bond acceptors (Lipinski definition) is 3. The monoisotopic (exact) mass is 463 g/mol. The molecule has 3 aromatic carbocycles. The van der Waals surface area contributed by atoms with Crippen LogP contribution in [0.4, 0.5) is 4.79 Å². The van der Waals surface area contributed by atoms with Gasteiger partial charge in [-0.2, -0.15) is 0 Å². The summed E-state index contributed by atoms with van der Waals surface area (Å²) in [4.78, 5) is 41.7. The number of para-hydroxylation sites is 1. The highest BCUT2D eigenvalue weighted by molar-refractivity contribution is 6.18. The van der Waals surface area contributed by atoms with Crippen LogP contribution >= 0.6 is 0 Å². The summed E-state index contributed by atoms with van der Waals surface area (Å²) < 4.78 is 2.12. The summed E-state index contributed by atoms with van der Waals surface area (Å²) in [5.74, 6) is -0.597. The van der Waals surface area contributed by atoms with Crippen LogP contribution in [0.1, 0.15) is 34.8 Å². The fourth-order valence-electron chi connectivity index (χ4n) is 5.77. The third kappa shape index (κ3) is 3.06. The maximum atomic E-state index is 13.9. The lowest BCUT2D eigenvalue weighted by Gasteiger charge is -2.22. The molecule has 6 heteroatoms. The highest BCUT2D eigenvalue weighted by Crippen LogP contribution is 2.41. The predicted molar refractivity (Wildman–Crippen MR) is 134 cm³/mol. The van der Waals surface area contributed by atoms with Crippen molar-refractivity contribution >= 4 is 28.6 Å². The van der Waals surface area contributed by atoms with Crippen LogP contribution < -0.4 is 5.32 Å². The van der Waals surface area contributed by atoms with Gasteiger partial charge in [0.2, 0.25) is 0 Å². The highest BCUT2D eigenvalue weighted by atomic mass is 16.2. The van der Waals surface area contributed by atoms with Crippen LogP contribution in [-0.4, -0.2) is 33.7 Å². The summed E-state index contributed by atoms with van der Waals surface area (Å²) in [5, 5.41) is 3.75. The van der Waals surface area contributed by atoms with Crippen molar-refractivity contribution in [1.29, 1.82) is 0 Å². The van der Waals surface area contributed by atoms with E-state index in [1.165, 1.54) is 0 Å². The van der Waals surface area contributed by atoms with Gasteiger partial charge in [0, 0.05) is 17.4 Å². The molecular weight excluding hydrogens is 438 g/mol. The van der Waals surface area contributed by atoms with Gasteiger partial charge < -0.3 is 9.88 Å². The van der Waals surface area contributed by atoms with E-state index in [9.17, 15) is 14.4 Å². The average Bonchev–Trinajstić information content (AvgIpc) is 3.51. The van der Waals surface area contributed by atoms with E-state index >= 15 is 0 Å². The predicted octanol–water partition coefficient (Wildman–Crippen LogP) is 4.90. The number of nitrogens with zero attached hydrogens (tertiary/aromatic N) is 2. The molecule has 0 unspecified atom stereocenters. The number of aromatic nitrogens is 1. The molecule has 4 aromatic rings. The molecule has 174 valence electrons. The van der Waals surface area contributed by atoms with E-state index in [0.29, 0.717) is 24.9 Å². The molecule has 1 aliphatic heterocycles. The van der Waals surface area contributed by atoms with Crippen molar-refractivity contribution in [3.8, 4) is 11.3 Å². The molecule has 0 saturated carbocycles. The first-order valence-electron chi connectivity index (χ1n) is 12.0. The molecule has 1 saturated heterocycles. The molecule has 6 nitrogen and oxygen atoms in total. The third-order valence-electron chi connectivity index (χ3n) is 7.34.